The molecular formula is C13H21N5O2. The van der Waals surface area contributed by atoms with Crippen molar-refractivity contribution in [2.75, 3.05) is 13.1 Å². The van der Waals surface area contributed by atoms with E-state index in [-0.39, 0.29) is 23.8 Å². The minimum Gasteiger partial charge on any atom is -0.355 e. The summed E-state index contributed by atoms with van der Waals surface area (Å²) in [4.78, 5) is 25.6. The highest BCUT2D eigenvalue weighted by atomic mass is 16.2. The van der Waals surface area contributed by atoms with Crippen LogP contribution < -0.4 is 5.32 Å². The van der Waals surface area contributed by atoms with Crippen molar-refractivity contribution in [2.45, 2.75) is 32.7 Å². The van der Waals surface area contributed by atoms with Crippen LogP contribution in [0.2, 0.25) is 0 Å². The number of aromatic nitrogens is 3. The Morgan fingerprint density at radius 3 is 2.85 bits per heavy atom. The number of nitrogens with one attached hydrogen (secondary N) is 1. The van der Waals surface area contributed by atoms with Crippen LogP contribution in [0.25, 0.3) is 0 Å². The fourth-order valence-electron chi connectivity index (χ4n) is 2.38. The standard InChI is InChI=1S/C13H21N5O2/c1-9(2)18-7-10(6-12(18)19)13(20)14-5-4-11-16-15-8-17(11)3/h8-10H,4-7H2,1-3H3,(H,14,20)/t10-/m1/s1. The van der Waals surface area contributed by atoms with Gasteiger partial charge in [-0.1, -0.05) is 0 Å². The molecule has 1 N–H and O–H groups in total. The Labute approximate surface area is 118 Å². The zero-order chi connectivity index (χ0) is 14.7. The normalized spacial score (nSPS) is 18.9. The summed E-state index contributed by atoms with van der Waals surface area (Å²) in [6.07, 6.45) is 2.58. The molecule has 7 nitrogen and oxygen atoms in total. The average molecular weight is 279 g/mol. The smallest absolute Gasteiger partial charge is 0.225 e. The number of hydrogen-bond donors (Lipinski definition) is 1. The maximum absolute atomic E-state index is 12.0. The minimum absolute atomic E-state index is 0.0522. The summed E-state index contributed by atoms with van der Waals surface area (Å²) < 4.78 is 1.83. The van der Waals surface area contributed by atoms with Gasteiger partial charge in [-0.25, -0.2) is 0 Å². The van der Waals surface area contributed by atoms with Gasteiger partial charge in [0.15, 0.2) is 0 Å². The molecule has 7 heteroatoms. The van der Waals surface area contributed by atoms with E-state index in [0.717, 1.165) is 5.82 Å². The predicted octanol–water partition coefficient (Wildman–Crippen LogP) is -0.269. The molecule has 1 saturated heterocycles. The van der Waals surface area contributed by atoms with E-state index in [1.54, 1.807) is 11.2 Å². The first kappa shape index (κ1) is 14.5. The highest BCUT2D eigenvalue weighted by Gasteiger charge is 2.35. The van der Waals surface area contributed by atoms with E-state index in [2.05, 4.69) is 15.5 Å². The van der Waals surface area contributed by atoms with E-state index in [1.165, 1.54) is 0 Å². The maximum atomic E-state index is 12.0. The molecule has 0 radical (unpaired) electrons. The lowest BCUT2D eigenvalue weighted by Gasteiger charge is -2.20. The van der Waals surface area contributed by atoms with Gasteiger partial charge in [-0.3, -0.25) is 9.59 Å². The second-order valence-electron chi connectivity index (χ2n) is 5.44. The predicted molar refractivity (Wildman–Crippen MR) is 72.7 cm³/mol. The second kappa shape index (κ2) is 6.02. The summed E-state index contributed by atoms with van der Waals surface area (Å²) in [5.74, 6) is 0.609. The lowest BCUT2D eigenvalue weighted by Crippen LogP contribution is -2.36. The molecule has 0 spiro atoms. The van der Waals surface area contributed by atoms with Crippen LogP contribution in [0, 0.1) is 5.92 Å². The van der Waals surface area contributed by atoms with Crippen LogP contribution in [0.3, 0.4) is 0 Å². The Kier molecular flexibility index (Phi) is 4.36. The van der Waals surface area contributed by atoms with Gasteiger partial charge in [0.1, 0.15) is 12.2 Å². The summed E-state index contributed by atoms with van der Waals surface area (Å²) in [6, 6.07) is 0.152. The molecule has 0 unspecified atom stereocenters. The number of carbonyl (C=O) groups is 2. The number of aryl methyl sites for hydroxylation is 1. The summed E-state index contributed by atoms with van der Waals surface area (Å²) in [6.45, 7) is 4.96. The van der Waals surface area contributed by atoms with Gasteiger partial charge in [-0.05, 0) is 13.8 Å². The molecule has 1 atom stereocenters. The summed E-state index contributed by atoms with van der Waals surface area (Å²) in [7, 11) is 1.87. The van der Waals surface area contributed by atoms with Crippen LogP contribution in [0.5, 0.6) is 0 Å². The van der Waals surface area contributed by atoms with Crippen molar-refractivity contribution in [1.82, 2.24) is 25.0 Å². The number of amides is 2. The Hall–Kier alpha value is -1.92. The number of nitrogens with zero attached hydrogens (tertiary/aromatic N) is 4. The van der Waals surface area contributed by atoms with Crippen molar-refractivity contribution in [3.8, 4) is 0 Å². The average Bonchev–Trinajstić information content (AvgIpc) is 2.96. The molecule has 1 aromatic rings. The van der Waals surface area contributed by atoms with Crippen LogP contribution in [0.15, 0.2) is 6.33 Å². The van der Waals surface area contributed by atoms with E-state index in [0.29, 0.717) is 25.9 Å². The van der Waals surface area contributed by atoms with Crippen molar-refractivity contribution in [1.29, 1.82) is 0 Å². The third-order valence-corrected chi connectivity index (χ3v) is 3.61. The van der Waals surface area contributed by atoms with Crippen LogP contribution in [-0.4, -0.2) is 50.6 Å². The molecule has 1 aromatic heterocycles. The highest BCUT2D eigenvalue weighted by Crippen LogP contribution is 2.20. The van der Waals surface area contributed by atoms with Crippen molar-refractivity contribution in [2.24, 2.45) is 13.0 Å². The minimum atomic E-state index is -0.232. The van der Waals surface area contributed by atoms with E-state index in [1.807, 2.05) is 25.5 Å². The van der Waals surface area contributed by atoms with Crippen LogP contribution >= 0.6 is 0 Å². The molecule has 20 heavy (non-hydrogen) atoms. The molecule has 1 fully saturated rings. The molecule has 0 aliphatic carbocycles. The molecule has 2 amide bonds. The quantitative estimate of drug-likeness (QED) is 0.804. The molecule has 1 aliphatic heterocycles. The molecule has 2 heterocycles. The van der Waals surface area contributed by atoms with Crippen molar-refractivity contribution < 1.29 is 9.59 Å². The van der Waals surface area contributed by atoms with Gasteiger partial charge in [-0.2, -0.15) is 0 Å². The highest BCUT2D eigenvalue weighted by molar-refractivity contribution is 5.89. The number of likely N-dealkylation sites (tertiary alicyclic amines) is 1. The molecule has 0 aromatic carbocycles. The summed E-state index contributed by atoms with van der Waals surface area (Å²) in [5.41, 5.74) is 0. The van der Waals surface area contributed by atoms with Gasteiger partial charge < -0.3 is 14.8 Å². The number of hydrogen-bond acceptors (Lipinski definition) is 4. The molecule has 0 saturated carbocycles. The Morgan fingerprint density at radius 2 is 2.30 bits per heavy atom. The van der Waals surface area contributed by atoms with Crippen LogP contribution in [0.4, 0.5) is 0 Å². The summed E-state index contributed by atoms with van der Waals surface area (Å²) in [5, 5.41) is 10.6. The first-order valence-corrected chi connectivity index (χ1v) is 6.89. The second-order valence-corrected chi connectivity index (χ2v) is 5.44. The zero-order valence-electron chi connectivity index (χ0n) is 12.2. The van der Waals surface area contributed by atoms with Gasteiger partial charge >= 0.3 is 0 Å². The Bertz CT molecular complexity index is 497. The summed E-state index contributed by atoms with van der Waals surface area (Å²) >= 11 is 0. The third-order valence-electron chi connectivity index (χ3n) is 3.61. The van der Waals surface area contributed by atoms with Gasteiger partial charge in [0.2, 0.25) is 11.8 Å². The molecule has 0 bridgehead atoms. The molecule has 1 aliphatic rings. The van der Waals surface area contributed by atoms with Crippen molar-refractivity contribution in [3.63, 3.8) is 0 Å². The third kappa shape index (κ3) is 3.15. The van der Waals surface area contributed by atoms with Crippen LogP contribution in [-0.2, 0) is 23.1 Å². The van der Waals surface area contributed by atoms with Gasteiger partial charge in [0.05, 0.1) is 5.92 Å². The SMILES string of the molecule is CC(C)N1C[C@H](C(=O)NCCc2nncn2C)CC1=O. The van der Waals surface area contributed by atoms with Crippen LogP contribution in [0.1, 0.15) is 26.1 Å². The van der Waals surface area contributed by atoms with E-state index in [4.69, 9.17) is 0 Å². The first-order valence-electron chi connectivity index (χ1n) is 6.89. The molecule has 2 rings (SSSR count). The zero-order valence-corrected chi connectivity index (χ0v) is 12.2. The van der Waals surface area contributed by atoms with Gasteiger partial charge in [0, 0.05) is 39.0 Å². The topological polar surface area (TPSA) is 80.1 Å². The lowest BCUT2D eigenvalue weighted by molar-refractivity contribution is -0.129. The monoisotopic (exact) mass is 279 g/mol. The maximum Gasteiger partial charge on any atom is 0.225 e. The molecular weight excluding hydrogens is 258 g/mol. The van der Waals surface area contributed by atoms with Crippen molar-refractivity contribution in [3.05, 3.63) is 12.2 Å². The molecule has 110 valence electrons. The van der Waals surface area contributed by atoms with E-state index >= 15 is 0 Å². The van der Waals surface area contributed by atoms with E-state index < -0.39 is 0 Å². The fraction of sp³-hybridized carbons (Fsp3) is 0.692. The Morgan fingerprint density at radius 1 is 1.55 bits per heavy atom. The fourth-order valence-corrected chi connectivity index (χ4v) is 2.38. The lowest BCUT2D eigenvalue weighted by atomic mass is 10.1. The van der Waals surface area contributed by atoms with Gasteiger partial charge in [0.25, 0.3) is 0 Å². The first-order chi connectivity index (χ1) is 9.49. The Balaban J connectivity index is 1.79. The number of carbonyl (C=O) groups excluding carboxylic acids is 2. The largest absolute Gasteiger partial charge is 0.355 e. The van der Waals surface area contributed by atoms with Gasteiger partial charge in [-0.15, -0.1) is 10.2 Å². The van der Waals surface area contributed by atoms with E-state index in [9.17, 15) is 9.59 Å². The number of rotatable bonds is 5. The van der Waals surface area contributed by atoms with Crippen molar-refractivity contribution >= 4 is 11.8 Å².